The molecule has 2 aliphatic heterocycles. The molecule has 0 bridgehead atoms. The van der Waals surface area contributed by atoms with Gasteiger partial charge in [0.05, 0.1) is 17.6 Å². The van der Waals surface area contributed by atoms with Crippen LogP contribution in [0.1, 0.15) is 24.8 Å². The van der Waals surface area contributed by atoms with Crippen molar-refractivity contribution in [3.63, 3.8) is 0 Å². The maximum absolute atomic E-state index is 12.8. The van der Waals surface area contributed by atoms with Crippen LogP contribution in [-0.2, 0) is 19.4 Å². The number of hydrogen-bond donors (Lipinski definition) is 0. The largest absolute Gasteiger partial charge is 0.484 e. The number of amides is 1. The number of ether oxygens (including phenoxy) is 2. The first kappa shape index (κ1) is 19.5. The minimum Gasteiger partial charge on any atom is -0.484 e. The zero-order chi connectivity index (χ0) is 18.7. The van der Waals surface area contributed by atoms with Crippen LogP contribution in [0.15, 0.2) is 18.2 Å². The average molecular weight is 402 g/mol. The van der Waals surface area contributed by atoms with E-state index in [2.05, 4.69) is 0 Å². The molecule has 0 radical (unpaired) electrons. The number of benzene rings is 1. The summed E-state index contributed by atoms with van der Waals surface area (Å²) in [4.78, 5) is 14.4. The minimum absolute atomic E-state index is 0.0194. The van der Waals surface area contributed by atoms with Crippen molar-refractivity contribution in [3.05, 3.63) is 28.8 Å². The van der Waals surface area contributed by atoms with Gasteiger partial charge in [0, 0.05) is 24.2 Å². The summed E-state index contributed by atoms with van der Waals surface area (Å²) in [6.45, 7) is 2.84. The Balaban J connectivity index is 1.66. The highest BCUT2D eigenvalue weighted by molar-refractivity contribution is 7.91. The summed E-state index contributed by atoms with van der Waals surface area (Å²) < 4.78 is 34.9. The maximum atomic E-state index is 12.8. The summed E-state index contributed by atoms with van der Waals surface area (Å²) in [5.41, 5.74) is 0.870. The lowest BCUT2D eigenvalue weighted by atomic mass is 10.1. The van der Waals surface area contributed by atoms with Crippen LogP contribution in [0.2, 0.25) is 5.02 Å². The molecule has 2 saturated heterocycles. The zero-order valence-corrected chi connectivity index (χ0v) is 16.4. The first-order valence-electron chi connectivity index (χ1n) is 8.84. The minimum atomic E-state index is -3.08. The predicted molar refractivity (Wildman–Crippen MR) is 99.4 cm³/mol. The molecule has 2 fully saturated rings. The highest BCUT2D eigenvalue weighted by Gasteiger charge is 2.36. The summed E-state index contributed by atoms with van der Waals surface area (Å²) in [5, 5.41) is 0.639. The molecule has 6 nitrogen and oxygen atoms in total. The monoisotopic (exact) mass is 401 g/mol. The molecular weight excluding hydrogens is 378 g/mol. The van der Waals surface area contributed by atoms with E-state index < -0.39 is 9.84 Å². The van der Waals surface area contributed by atoms with E-state index in [0.29, 0.717) is 30.3 Å². The molecule has 1 aromatic rings. The first-order chi connectivity index (χ1) is 12.3. The van der Waals surface area contributed by atoms with Crippen LogP contribution in [0.4, 0.5) is 0 Å². The molecule has 1 amide bonds. The van der Waals surface area contributed by atoms with Gasteiger partial charge in [-0.05, 0) is 49.9 Å². The molecule has 2 aliphatic rings. The third-order valence-electron chi connectivity index (χ3n) is 4.89. The van der Waals surface area contributed by atoms with Crippen LogP contribution in [0.25, 0.3) is 0 Å². The quantitative estimate of drug-likeness (QED) is 0.730. The second-order valence-corrected chi connectivity index (χ2v) is 9.57. The van der Waals surface area contributed by atoms with Gasteiger partial charge >= 0.3 is 0 Å². The van der Waals surface area contributed by atoms with E-state index in [1.165, 1.54) is 0 Å². The van der Waals surface area contributed by atoms with Gasteiger partial charge in [0.2, 0.25) is 0 Å². The molecule has 0 aromatic heterocycles. The van der Waals surface area contributed by atoms with Crippen molar-refractivity contribution in [1.29, 1.82) is 0 Å². The Morgan fingerprint density at radius 1 is 1.38 bits per heavy atom. The average Bonchev–Trinajstić information content (AvgIpc) is 3.22. The van der Waals surface area contributed by atoms with E-state index in [0.717, 1.165) is 18.4 Å². The number of rotatable bonds is 6. The molecule has 144 valence electrons. The lowest BCUT2D eigenvalue weighted by Crippen LogP contribution is -2.47. The van der Waals surface area contributed by atoms with E-state index in [1.54, 1.807) is 23.1 Å². The first-order valence-corrected chi connectivity index (χ1v) is 11.0. The topological polar surface area (TPSA) is 72.9 Å². The van der Waals surface area contributed by atoms with Crippen molar-refractivity contribution in [3.8, 4) is 5.75 Å². The Morgan fingerprint density at radius 3 is 2.81 bits per heavy atom. The Labute approximate surface area is 159 Å². The van der Waals surface area contributed by atoms with E-state index in [4.69, 9.17) is 21.1 Å². The SMILES string of the molecule is Cc1cc(OCC(=O)N(C[C@@H]2CCCO2)[C@@H]2CCS(=O)(=O)C2)ccc1Cl. The van der Waals surface area contributed by atoms with Crippen LogP contribution in [-0.4, -0.2) is 62.6 Å². The molecule has 8 heteroatoms. The van der Waals surface area contributed by atoms with Crippen LogP contribution in [0, 0.1) is 6.92 Å². The van der Waals surface area contributed by atoms with Gasteiger partial charge < -0.3 is 14.4 Å². The smallest absolute Gasteiger partial charge is 0.260 e. The molecule has 0 saturated carbocycles. The lowest BCUT2D eigenvalue weighted by Gasteiger charge is -2.30. The molecule has 1 aromatic carbocycles. The van der Waals surface area contributed by atoms with Crippen molar-refractivity contribution in [2.75, 3.05) is 31.3 Å². The fraction of sp³-hybridized carbons (Fsp3) is 0.611. The van der Waals surface area contributed by atoms with Crippen LogP contribution < -0.4 is 4.74 Å². The summed E-state index contributed by atoms with van der Waals surface area (Å²) in [5.74, 6) is 0.502. The molecule has 0 aliphatic carbocycles. The predicted octanol–water partition coefficient (Wildman–Crippen LogP) is 2.22. The van der Waals surface area contributed by atoms with Crippen molar-refractivity contribution in [2.45, 2.75) is 38.3 Å². The molecule has 2 atom stereocenters. The van der Waals surface area contributed by atoms with Gasteiger partial charge in [-0.2, -0.15) is 0 Å². The number of carbonyl (C=O) groups excluding carboxylic acids is 1. The van der Waals surface area contributed by atoms with E-state index in [1.807, 2.05) is 6.92 Å². The van der Waals surface area contributed by atoms with Crippen molar-refractivity contribution in [2.24, 2.45) is 0 Å². The van der Waals surface area contributed by atoms with Gasteiger partial charge in [0.1, 0.15) is 5.75 Å². The number of aryl methyl sites for hydroxylation is 1. The summed E-state index contributed by atoms with van der Waals surface area (Å²) in [7, 11) is -3.08. The van der Waals surface area contributed by atoms with Gasteiger partial charge in [0.15, 0.2) is 16.4 Å². The highest BCUT2D eigenvalue weighted by Crippen LogP contribution is 2.23. The molecule has 0 N–H and O–H groups in total. The van der Waals surface area contributed by atoms with Crippen LogP contribution in [0.5, 0.6) is 5.75 Å². The Bertz CT molecular complexity index is 761. The number of halogens is 1. The Kier molecular flexibility index (Phi) is 6.10. The van der Waals surface area contributed by atoms with E-state index in [9.17, 15) is 13.2 Å². The molecular formula is C18H24ClNO5S. The Morgan fingerprint density at radius 2 is 2.19 bits per heavy atom. The standard InChI is InChI=1S/C18H24ClNO5S/c1-13-9-15(4-5-17(13)19)25-11-18(21)20(10-16-3-2-7-24-16)14-6-8-26(22,23)12-14/h4-5,9,14,16H,2-3,6-8,10-12H2,1H3/t14-,16+/m1/s1. The summed E-state index contributed by atoms with van der Waals surface area (Å²) >= 11 is 6.00. The highest BCUT2D eigenvalue weighted by atomic mass is 35.5. The molecule has 0 spiro atoms. The van der Waals surface area contributed by atoms with Crippen molar-refractivity contribution >= 4 is 27.3 Å². The van der Waals surface area contributed by atoms with Gasteiger partial charge in [-0.25, -0.2) is 8.42 Å². The number of hydrogen-bond acceptors (Lipinski definition) is 5. The summed E-state index contributed by atoms with van der Waals surface area (Å²) in [6.07, 6.45) is 2.30. The van der Waals surface area contributed by atoms with Gasteiger partial charge in [-0.3, -0.25) is 4.79 Å². The molecule has 2 heterocycles. The third kappa shape index (κ3) is 4.90. The second kappa shape index (κ2) is 8.15. The lowest BCUT2D eigenvalue weighted by molar-refractivity contribution is -0.137. The molecule has 26 heavy (non-hydrogen) atoms. The molecule has 0 unspecified atom stereocenters. The fourth-order valence-corrected chi connectivity index (χ4v) is 5.27. The van der Waals surface area contributed by atoms with Gasteiger partial charge in [0.25, 0.3) is 5.91 Å². The van der Waals surface area contributed by atoms with Crippen LogP contribution >= 0.6 is 11.6 Å². The van der Waals surface area contributed by atoms with Gasteiger partial charge in [-0.1, -0.05) is 11.6 Å². The zero-order valence-electron chi connectivity index (χ0n) is 14.8. The summed E-state index contributed by atoms with van der Waals surface area (Å²) in [6, 6.07) is 4.92. The van der Waals surface area contributed by atoms with Crippen molar-refractivity contribution < 1.29 is 22.7 Å². The number of nitrogens with zero attached hydrogens (tertiary/aromatic N) is 1. The fourth-order valence-electron chi connectivity index (χ4n) is 3.42. The number of carbonyl (C=O) groups is 1. The van der Waals surface area contributed by atoms with Crippen molar-refractivity contribution in [1.82, 2.24) is 4.90 Å². The normalized spacial score (nSPS) is 24.5. The second-order valence-electron chi connectivity index (χ2n) is 6.94. The van der Waals surface area contributed by atoms with Gasteiger partial charge in [-0.15, -0.1) is 0 Å². The van der Waals surface area contributed by atoms with Crippen LogP contribution in [0.3, 0.4) is 0 Å². The van der Waals surface area contributed by atoms with E-state index >= 15 is 0 Å². The third-order valence-corrected chi connectivity index (χ3v) is 7.06. The maximum Gasteiger partial charge on any atom is 0.260 e. The number of sulfone groups is 1. The Hall–Kier alpha value is -1.31. The van der Waals surface area contributed by atoms with E-state index in [-0.39, 0.29) is 36.2 Å². The molecule has 3 rings (SSSR count).